The smallest absolute Gasteiger partial charge is 0.146 e. The van der Waals surface area contributed by atoms with E-state index in [0.29, 0.717) is 23.9 Å². The second-order valence-electron chi connectivity index (χ2n) is 4.60. The maximum atomic E-state index is 13.6. The first-order valence-corrected chi connectivity index (χ1v) is 6.77. The van der Waals surface area contributed by atoms with Crippen molar-refractivity contribution in [3.63, 3.8) is 0 Å². The summed E-state index contributed by atoms with van der Waals surface area (Å²) in [5, 5.41) is 6.12. The second kappa shape index (κ2) is 6.62. The molecule has 2 N–H and O–H groups in total. The van der Waals surface area contributed by atoms with E-state index < -0.39 is 0 Å². The van der Waals surface area contributed by atoms with Gasteiger partial charge < -0.3 is 10.6 Å². The third-order valence-electron chi connectivity index (χ3n) is 3.03. The highest BCUT2D eigenvalue weighted by molar-refractivity contribution is 5.59. The van der Waals surface area contributed by atoms with Crippen molar-refractivity contribution < 1.29 is 4.39 Å². The number of halogens is 1. The lowest BCUT2D eigenvalue weighted by molar-refractivity contribution is 0.632. The van der Waals surface area contributed by atoms with Crippen molar-refractivity contribution in [3.05, 3.63) is 72.6 Å². The molecule has 110 valence electrons. The average molecular weight is 295 g/mol. The Morgan fingerprint density at radius 1 is 0.955 bits per heavy atom. The Kier molecular flexibility index (Phi) is 4.20. The zero-order chi connectivity index (χ0) is 15.2. The van der Waals surface area contributed by atoms with E-state index in [-0.39, 0.29) is 5.82 Å². The van der Waals surface area contributed by atoms with Crippen LogP contribution in [0.2, 0.25) is 0 Å². The van der Waals surface area contributed by atoms with Gasteiger partial charge in [0.1, 0.15) is 23.8 Å². The number of rotatable bonds is 5. The van der Waals surface area contributed by atoms with E-state index in [1.807, 2.05) is 12.1 Å². The fraction of sp³-hybridized carbons (Fsp3) is 0.0625. The molecule has 0 fully saturated rings. The summed E-state index contributed by atoms with van der Waals surface area (Å²) in [6, 6.07) is 12.0. The van der Waals surface area contributed by atoms with Crippen molar-refractivity contribution in [2.75, 3.05) is 10.6 Å². The molecular formula is C16H14FN5. The van der Waals surface area contributed by atoms with Crippen molar-refractivity contribution >= 4 is 17.3 Å². The molecule has 0 amide bonds. The number of aromatic nitrogens is 3. The molecule has 0 radical (unpaired) electrons. The van der Waals surface area contributed by atoms with E-state index in [0.717, 1.165) is 5.56 Å². The highest BCUT2D eigenvalue weighted by Gasteiger charge is 2.03. The maximum Gasteiger partial charge on any atom is 0.146 e. The molecule has 0 saturated carbocycles. The molecule has 3 aromatic rings. The number of hydrogen-bond acceptors (Lipinski definition) is 5. The molecule has 6 heteroatoms. The van der Waals surface area contributed by atoms with Crippen molar-refractivity contribution in [2.45, 2.75) is 6.54 Å². The second-order valence-corrected chi connectivity index (χ2v) is 4.60. The van der Waals surface area contributed by atoms with Crippen LogP contribution in [-0.2, 0) is 6.54 Å². The minimum absolute atomic E-state index is 0.326. The first-order chi connectivity index (χ1) is 10.8. The molecular weight excluding hydrogens is 281 g/mol. The molecule has 0 spiro atoms. The van der Waals surface area contributed by atoms with Gasteiger partial charge in [-0.2, -0.15) is 0 Å². The van der Waals surface area contributed by atoms with Gasteiger partial charge in [-0.25, -0.2) is 14.4 Å². The molecule has 1 aromatic carbocycles. The van der Waals surface area contributed by atoms with E-state index in [9.17, 15) is 4.39 Å². The molecule has 0 bridgehead atoms. The van der Waals surface area contributed by atoms with Crippen molar-refractivity contribution in [2.24, 2.45) is 0 Å². The van der Waals surface area contributed by atoms with Crippen LogP contribution >= 0.6 is 0 Å². The number of hydrogen-bond donors (Lipinski definition) is 2. The molecule has 0 aliphatic rings. The fourth-order valence-corrected chi connectivity index (χ4v) is 1.92. The molecule has 2 heterocycles. The van der Waals surface area contributed by atoms with Crippen LogP contribution < -0.4 is 10.6 Å². The topological polar surface area (TPSA) is 62.7 Å². The molecule has 0 saturated heterocycles. The third kappa shape index (κ3) is 3.54. The summed E-state index contributed by atoms with van der Waals surface area (Å²) >= 11 is 0. The molecule has 3 rings (SSSR count). The van der Waals surface area contributed by atoms with Crippen LogP contribution in [0.3, 0.4) is 0 Å². The molecule has 2 aromatic heterocycles. The Bertz CT molecular complexity index is 748. The number of nitrogens with zero attached hydrogens (tertiary/aromatic N) is 3. The van der Waals surface area contributed by atoms with Gasteiger partial charge in [0, 0.05) is 25.0 Å². The molecule has 22 heavy (non-hydrogen) atoms. The van der Waals surface area contributed by atoms with Crippen LogP contribution in [-0.4, -0.2) is 15.0 Å². The third-order valence-corrected chi connectivity index (χ3v) is 3.03. The highest BCUT2D eigenvalue weighted by Crippen LogP contribution is 2.19. The summed E-state index contributed by atoms with van der Waals surface area (Å²) in [6.45, 7) is 0.624. The van der Waals surface area contributed by atoms with Gasteiger partial charge in [0.25, 0.3) is 0 Å². The van der Waals surface area contributed by atoms with Gasteiger partial charge in [-0.05, 0) is 29.8 Å². The van der Waals surface area contributed by atoms with E-state index in [2.05, 4.69) is 25.6 Å². The predicted octanol–water partition coefficient (Wildman–Crippen LogP) is 3.37. The van der Waals surface area contributed by atoms with E-state index >= 15 is 0 Å². The van der Waals surface area contributed by atoms with Crippen LogP contribution in [0.4, 0.5) is 21.7 Å². The van der Waals surface area contributed by atoms with E-state index in [1.54, 1.807) is 36.7 Å². The van der Waals surface area contributed by atoms with Gasteiger partial charge in [0.15, 0.2) is 0 Å². The highest BCUT2D eigenvalue weighted by atomic mass is 19.1. The molecule has 0 aliphatic carbocycles. The van der Waals surface area contributed by atoms with Gasteiger partial charge >= 0.3 is 0 Å². The van der Waals surface area contributed by atoms with Gasteiger partial charge in [-0.3, -0.25) is 4.98 Å². The number of nitrogens with one attached hydrogen (secondary N) is 2. The van der Waals surface area contributed by atoms with E-state index in [1.165, 1.54) is 12.4 Å². The largest absolute Gasteiger partial charge is 0.366 e. The predicted molar refractivity (Wildman–Crippen MR) is 83.3 cm³/mol. The molecule has 0 unspecified atom stereocenters. The zero-order valence-corrected chi connectivity index (χ0v) is 11.7. The van der Waals surface area contributed by atoms with Crippen LogP contribution in [0.1, 0.15) is 5.56 Å². The summed E-state index contributed by atoms with van der Waals surface area (Å²) in [5.41, 5.74) is 1.47. The van der Waals surface area contributed by atoms with Crippen LogP contribution in [0.5, 0.6) is 0 Å². The SMILES string of the molecule is Fc1ccccc1Nc1cc(NCc2ccncc2)ncn1. The van der Waals surface area contributed by atoms with E-state index in [4.69, 9.17) is 0 Å². The summed E-state index contributed by atoms with van der Waals surface area (Å²) < 4.78 is 13.6. The Labute approximate surface area is 127 Å². The fourth-order valence-electron chi connectivity index (χ4n) is 1.92. The van der Waals surface area contributed by atoms with Crippen LogP contribution in [0.15, 0.2) is 61.2 Å². The molecule has 0 aliphatic heterocycles. The number of para-hydroxylation sites is 1. The zero-order valence-electron chi connectivity index (χ0n) is 11.7. The lowest BCUT2D eigenvalue weighted by Gasteiger charge is -2.09. The number of anilines is 3. The van der Waals surface area contributed by atoms with Crippen LogP contribution in [0, 0.1) is 5.82 Å². The standard InChI is InChI=1S/C16H14FN5/c17-13-3-1-2-4-14(13)22-16-9-15(20-11-21-16)19-10-12-5-7-18-8-6-12/h1-9,11H,10H2,(H2,19,20,21,22). The van der Waals surface area contributed by atoms with Gasteiger partial charge in [-0.1, -0.05) is 12.1 Å². The minimum Gasteiger partial charge on any atom is -0.366 e. The summed E-state index contributed by atoms with van der Waals surface area (Å²) in [6.07, 6.45) is 4.91. The quantitative estimate of drug-likeness (QED) is 0.755. The van der Waals surface area contributed by atoms with Gasteiger partial charge in [0.2, 0.25) is 0 Å². The average Bonchev–Trinajstić information content (AvgIpc) is 2.57. The Balaban J connectivity index is 1.69. The molecule has 0 atom stereocenters. The van der Waals surface area contributed by atoms with Crippen LogP contribution in [0.25, 0.3) is 0 Å². The first kappa shape index (κ1) is 13.9. The lowest BCUT2D eigenvalue weighted by Crippen LogP contribution is -2.03. The summed E-state index contributed by atoms with van der Waals surface area (Å²) in [5.74, 6) is 0.857. The Morgan fingerprint density at radius 2 is 1.73 bits per heavy atom. The lowest BCUT2D eigenvalue weighted by atomic mass is 10.3. The normalized spacial score (nSPS) is 10.2. The van der Waals surface area contributed by atoms with Crippen molar-refractivity contribution in [3.8, 4) is 0 Å². The first-order valence-electron chi connectivity index (χ1n) is 6.77. The minimum atomic E-state index is -0.326. The van der Waals surface area contributed by atoms with Gasteiger partial charge in [-0.15, -0.1) is 0 Å². The Morgan fingerprint density at radius 3 is 2.55 bits per heavy atom. The van der Waals surface area contributed by atoms with Crippen molar-refractivity contribution in [1.29, 1.82) is 0 Å². The number of benzene rings is 1. The Hall–Kier alpha value is -3.02. The number of pyridine rings is 1. The summed E-state index contributed by atoms with van der Waals surface area (Å²) in [7, 11) is 0. The maximum absolute atomic E-state index is 13.6. The summed E-state index contributed by atoms with van der Waals surface area (Å²) in [4.78, 5) is 12.2. The molecule has 5 nitrogen and oxygen atoms in total. The van der Waals surface area contributed by atoms with Gasteiger partial charge in [0.05, 0.1) is 5.69 Å². The van der Waals surface area contributed by atoms with Crippen molar-refractivity contribution in [1.82, 2.24) is 15.0 Å². The monoisotopic (exact) mass is 295 g/mol.